The highest BCUT2D eigenvalue weighted by atomic mass is 35.5. The number of nitrogens with one attached hydrogen (secondary N) is 1. The Morgan fingerprint density at radius 3 is 2.50 bits per heavy atom. The third-order valence-electron chi connectivity index (χ3n) is 4.81. The van der Waals surface area contributed by atoms with Gasteiger partial charge in [0.15, 0.2) is 11.0 Å². The first-order valence-electron chi connectivity index (χ1n) is 10.5. The van der Waals surface area contributed by atoms with E-state index in [4.69, 9.17) is 25.8 Å². The summed E-state index contributed by atoms with van der Waals surface area (Å²) in [5.41, 5.74) is 0.349. The van der Waals surface area contributed by atoms with E-state index in [1.165, 1.54) is 44.6 Å². The normalized spacial score (nSPS) is 10.6. The first-order valence-corrected chi connectivity index (χ1v) is 11.9. The topological polar surface area (TPSA) is 122 Å². The number of anilines is 1. The van der Waals surface area contributed by atoms with E-state index in [-0.39, 0.29) is 34.2 Å². The molecular formula is C23H22ClFN4O6S. The number of esters is 2. The maximum atomic E-state index is 13.2. The summed E-state index contributed by atoms with van der Waals surface area (Å²) in [6.45, 7) is 2.41. The van der Waals surface area contributed by atoms with Gasteiger partial charge >= 0.3 is 11.9 Å². The lowest BCUT2D eigenvalue weighted by Gasteiger charge is -2.12. The quantitative estimate of drug-likeness (QED) is 0.303. The van der Waals surface area contributed by atoms with Crippen molar-refractivity contribution >= 4 is 46.9 Å². The van der Waals surface area contributed by atoms with E-state index in [2.05, 4.69) is 15.5 Å². The number of carbonyl (C=O) groups excluding carboxylic acids is 3. The van der Waals surface area contributed by atoms with Crippen molar-refractivity contribution in [2.75, 3.05) is 25.3 Å². The Bertz CT molecular complexity index is 1290. The van der Waals surface area contributed by atoms with Gasteiger partial charge in [-0.1, -0.05) is 23.4 Å². The molecular weight excluding hydrogens is 515 g/mol. The van der Waals surface area contributed by atoms with Crippen LogP contribution >= 0.6 is 23.4 Å². The Morgan fingerprint density at radius 2 is 1.83 bits per heavy atom. The Morgan fingerprint density at radius 1 is 1.08 bits per heavy atom. The molecule has 0 saturated heterocycles. The molecule has 0 unspecified atom stereocenters. The van der Waals surface area contributed by atoms with Crippen molar-refractivity contribution in [3.63, 3.8) is 0 Å². The number of nitrogens with zero attached hydrogens (tertiary/aromatic N) is 3. The van der Waals surface area contributed by atoms with Crippen LogP contribution in [0.3, 0.4) is 0 Å². The molecule has 0 fully saturated rings. The van der Waals surface area contributed by atoms with Gasteiger partial charge in [-0.25, -0.2) is 14.0 Å². The van der Waals surface area contributed by atoms with Crippen LogP contribution in [0.5, 0.6) is 5.75 Å². The van der Waals surface area contributed by atoms with E-state index in [9.17, 15) is 18.8 Å². The van der Waals surface area contributed by atoms with Gasteiger partial charge < -0.3 is 24.1 Å². The van der Waals surface area contributed by atoms with Crippen LogP contribution in [0, 0.1) is 5.82 Å². The minimum atomic E-state index is -0.675. The van der Waals surface area contributed by atoms with Crippen molar-refractivity contribution in [2.24, 2.45) is 0 Å². The molecule has 1 N–H and O–H groups in total. The van der Waals surface area contributed by atoms with Gasteiger partial charge in [0.25, 0.3) is 0 Å². The summed E-state index contributed by atoms with van der Waals surface area (Å²) >= 11 is 7.11. The van der Waals surface area contributed by atoms with Crippen molar-refractivity contribution < 1.29 is 33.0 Å². The number of methoxy groups -OCH3 is 2. The number of amides is 1. The Balaban J connectivity index is 1.68. The predicted molar refractivity (Wildman–Crippen MR) is 130 cm³/mol. The van der Waals surface area contributed by atoms with Crippen molar-refractivity contribution in [1.82, 2.24) is 14.8 Å². The van der Waals surface area contributed by atoms with E-state index in [0.717, 1.165) is 17.8 Å². The van der Waals surface area contributed by atoms with Gasteiger partial charge in [-0.3, -0.25) is 4.79 Å². The zero-order valence-electron chi connectivity index (χ0n) is 19.5. The van der Waals surface area contributed by atoms with Crippen LogP contribution in [-0.4, -0.2) is 52.6 Å². The molecule has 1 amide bonds. The van der Waals surface area contributed by atoms with Gasteiger partial charge in [-0.2, -0.15) is 0 Å². The lowest BCUT2D eigenvalue weighted by Crippen LogP contribution is -2.18. The second-order valence-corrected chi connectivity index (χ2v) is 8.44. The van der Waals surface area contributed by atoms with Crippen LogP contribution in [0.25, 0.3) is 0 Å². The van der Waals surface area contributed by atoms with Crippen LogP contribution in [0.1, 0.15) is 33.5 Å². The number of rotatable bonds is 10. The summed E-state index contributed by atoms with van der Waals surface area (Å²) in [4.78, 5) is 36.6. The van der Waals surface area contributed by atoms with E-state index in [1.54, 1.807) is 4.57 Å². The van der Waals surface area contributed by atoms with E-state index < -0.39 is 23.7 Å². The first kappa shape index (κ1) is 27.0. The maximum absolute atomic E-state index is 13.2. The Labute approximate surface area is 215 Å². The number of hydrogen-bond donors (Lipinski definition) is 1. The summed E-state index contributed by atoms with van der Waals surface area (Å²) in [7, 11) is 2.43. The molecule has 0 radical (unpaired) electrons. The van der Waals surface area contributed by atoms with Gasteiger partial charge in [0.1, 0.15) is 18.2 Å². The summed E-state index contributed by atoms with van der Waals surface area (Å²) in [5, 5.41) is 11.4. The SMILES string of the molecule is CCn1c(COc2ccc(F)cc2Cl)nnc1SCC(=O)Nc1cc(C(=O)OC)ccc1C(=O)OC. The molecule has 13 heteroatoms. The molecule has 190 valence electrons. The number of carbonyl (C=O) groups is 3. The average Bonchev–Trinajstić information content (AvgIpc) is 3.27. The fourth-order valence-electron chi connectivity index (χ4n) is 3.08. The van der Waals surface area contributed by atoms with Gasteiger partial charge in [0.05, 0.1) is 41.8 Å². The monoisotopic (exact) mass is 536 g/mol. The number of thioether (sulfide) groups is 1. The molecule has 0 spiro atoms. The van der Waals surface area contributed by atoms with Crippen LogP contribution in [-0.2, 0) is 27.4 Å². The number of aromatic nitrogens is 3. The zero-order valence-corrected chi connectivity index (χ0v) is 21.1. The van der Waals surface area contributed by atoms with Crippen LogP contribution in [0.2, 0.25) is 5.02 Å². The smallest absolute Gasteiger partial charge is 0.339 e. The fraction of sp³-hybridized carbons (Fsp3) is 0.261. The standard InChI is InChI=1S/C23H22ClFN4O6S/c1-4-29-19(11-35-18-8-6-14(25)10-16(18)24)27-28-23(29)36-12-20(30)26-17-9-13(21(31)33-2)5-7-15(17)22(32)34-3/h5-10H,4,11-12H2,1-3H3,(H,26,30). The van der Waals surface area contributed by atoms with Crippen molar-refractivity contribution in [3.8, 4) is 5.75 Å². The molecule has 0 aliphatic heterocycles. The minimum absolute atomic E-state index is 0.0295. The predicted octanol–water partition coefficient (Wildman–Crippen LogP) is 3.97. The Hall–Kier alpha value is -3.64. The molecule has 10 nitrogen and oxygen atoms in total. The molecule has 2 aromatic carbocycles. The second kappa shape index (κ2) is 12.4. The largest absolute Gasteiger partial charge is 0.484 e. The molecule has 3 aromatic rings. The lowest BCUT2D eigenvalue weighted by atomic mass is 10.1. The third-order valence-corrected chi connectivity index (χ3v) is 6.07. The summed E-state index contributed by atoms with van der Waals surface area (Å²) in [6, 6.07) is 7.91. The molecule has 3 rings (SSSR count). The molecule has 0 aliphatic carbocycles. The molecule has 1 aromatic heterocycles. The summed E-state index contributed by atoms with van der Waals surface area (Å²) in [6.07, 6.45) is 0. The fourth-order valence-corrected chi connectivity index (χ4v) is 4.12. The highest BCUT2D eigenvalue weighted by Crippen LogP contribution is 2.26. The van der Waals surface area contributed by atoms with E-state index in [0.29, 0.717) is 23.3 Å². The van der Waals surface area contributed by atoms with Crippen LogP contribution in [0.15, 0.2) is 41.6 Å². The van der Waals surface area contributed by atoms with Gasteiger partial charge in [0, 0.05) is 6.54 Å². The molecule has 0 aliphatic rings. The van der Waals surface area contributed by atoms with Crippen molar-refractivity contribution in [1.29, 1.82) is 0 Å². The maximum Gasteiger partial charge on any atom is 0.339 e. The van der Waals surface area contributed by atoms with Crippen LogP contribution in [0.4, 0.5) is 10.1 Å². The number of halogens is 2. The zero-order chi connectivity index (χ0) is 26.2. The van der Waals surface area contributed by atoms with Crippen molar-refractivity contribution in [2.45, 2.75) is 25.2 Å². The molecule has 0 atom stereocenters. The summed E-state index contributed by atoms with van der Waals surface area (Å²) < 4.78 is 30.1. The summed E-state index contributed by atoms with van der Waals surface area (Å²) in [5.74, 6) is -1.50. The van der Waals surface area contributed by atoms with Gasteiger partial charge in [0.2, 0.25) is 5.91 Å². The number of hydrogen-bond acceptors (Lipinski definition) is 9. The first-order chi connectivity index (χ1) is 17.3. The van der Waals surface area contributed by atoms with Gasteiger partial charge in [-0.15, -0.1) is 10.2 Å². The minimum Gasteiger partial charge on any atom is -0.484 e. The molecule has 1 heterocycles. The number of ether oxygens (including phenoxy) is 3. The number of benzene rings is 2. The van der Waals surface area contributed by atoms with E-state index >= 15 is 0 Å². The van der Waals surface area contributed by atoms with Gasteiger partial charge in [-0.05, 0) is 43.3 Å². The Kier molecular flexibility index (Phi) is 9.25. The van der Waals surface area contributed by atoms with Crippen molar-refractivity contribution in [3.05, 3.63) is 64.2 Å². The van der Waals surface area contributed by atoms with E-state index in [1.807, 2.05) is 6.92 Å². The molecule has 0 bridgehead atoms. The molecule has 36 heavy (non-hydrogen) atoms. The molecule has 0 saturated carbocycles. The third kappa shape index (κ3) is 6.52. The highest BCUT2D eigenvalue weighted by Gasteiger charge is 2.19. The highest BCUT2D eigenvalue weighted by molar-refractivity contribution is 7.99. The second-order valence-electron chi connectivity index (χ2n) is 7.09. The van der Waals surface area contributed by atoms with Crippen LogP contribution < -0.4 is 10.1 Å². The lowest BCUT2D eigenvalue weighted by molar-refractivity contribution is -0.113. The average molecular weight is 537 g/mol.